The summed E-state index contributed by atoms with van der Waals surface area (Å²) in [6, 6.07) is 0. The Hall–Kier alpha value is -1.47. The minimum Gasteiger partial charge on any atom is -0.352 e. The Labute approximate surface area is 99.6 Å². The van der Waals surface area contributed by atoms with E-state index in [1.807, 2.05) is 6.92 Å². The number of piperazine rings is 1. The van der Waals surface area contributed by atoms with Crippen molar-refractivity contribution in [3.05, 3.63) is 16.2 Å². The van der Waals surface area contributed by atoms with Gasteiger partial charge in [-0.3, -0.25) is 4.90 Å². The van der Waals surface area contributed by atoms with Crippen molar-refractivity contribution in [1.29, 1.82) is 0 Å². The lowest BCUT2D eigenvalue weighted by molar-refractivity contribution is 0.264. The molecule has 1 saturated heterocycles. The summed E-state index contributed by atoms with van der Waals surface area (Å²) < 4.78 is 0. The predicted octanol–water partition coefficient (Wildman–Crippen LogP) is -1.45. The molecule has 1 aromatic heterocycles. The Morgan fingerprint density at radius 3 is 2.71 bits per heavy atom. The molecule has 1 fully saturated rings. The zero-order chi connectivity index (χ0) is 12.3. The number of nitrogens with two attached hydrogens (primary N) is 1. The van der Waals surface area contributed by atoms with Gasteiger partial charge in [-0.2, -0.15) is 10.1 Å². The van der Waals surface area contributed by atoms with Gasteiger partial charge in [-0.15, -0.1) is 0 Å². The zero-order valence-electron chi connectivity index (χ0n) is 10.0. The fourth-order valence-corrected chi connectivity index (χ4v) is 2.05. The van der Waals surface area contributed by atoms with Crippen LogP contribution in [0.25, 0.3) is 0 Å². The molecule has 0 atom stereocenters. The zero-order valence-corrected chi connectivity index (χ0v) is 10.0. The van der Waals surface area contributed by atoms with E-state index in [9.17, 15) is 4.79 Å². The minimum atomic E-state index is -0.394. The highest BCUT2D eigenvalue weighted by molar-refractivity contribution is 5.41. The lowest BCUT2D eigenvalue weighted by atomic mass is 10.3. The van der Waals surface area contributed by atoms with E-state index in [0.717, 1.165) is 38.4 Å². The third-order valence-electron chi connectivity index (χ3n) is 2.97. The van der Waals surface area contributed by atoms with Crippen LogP contribution >= 0.6 is 0 Å². The molecule has 0 amide bonds. The van der Waals surface area contributed by atoms with Gasteiger partial charge in [0.15, 0.2) is 5.82 Å². The molecule has 0 unspecified atom stereocenters. The van der Waals surface area contributed by atoms with E-state index in [1.165, 1.54) is 0 Å². The summed E-state index contributed by atoms with van der Waals surface area (Å²) in [4.78, 5) is 19.6. The molecule has 0 bridgehead atoms. The highest BCUT2D eigenvalue weighted by atomic mass is 16.1. The maximum absolute atomic E-state index is 11.2. The second kappa shape index (κ2) is 5.24. The minimum absolute atomic E-state index is 0.394. The van der Waals surface area contributed by atoms with Crippen LogP contribution < -0.4 is 16.3 Å². The van der Waals surface area contributed by atoms with E-state index in [2.05, 4.69) is 25.0 Å². The first kappa shape index (κ1) is 12.0. The number of H-pyrrole nitrogens is 1. The number of aromatic nitrogens is 3. The van der Waals surface area contributed by atoms with Gasteiger partial charge in [0.05, 0.1) is 0 Å². The summed E-state index contributed by atoms with van der Waals surface area (Å²) in [6.07, 6.45) is 0. The van der Waals surface area contributed by atoms with Crippen LogP contribution in [-0.4, -0.2) is 59.3 Å². The number of aromatic amines is 1. The van der Waals surface area contributed by atoms with Crippen LogP contribution in [0.5, 0.6) is 0 Å². The Bertz CT molecular complexity index is 423. The molecular formula is C10H18N6O. The number of rotatable bonds is 3. The first-order valence-electron chi connectivity index (χ1n) is 5.81. The largest absolute Gasteiger partial charge is 0.363 e. The Kier molecular flexibility index (Phi) is 3.70. The fourth-order valence-electron chi connectivity index (χ4n) is 2.05. The van der Waals surface area contributed by atoms with Crippen molar-refractivity contribution in [2.75, 3.05) is 44.2 Å². The van der Waals surface area contributed by atoms with Crippen molar-refractivity contribution in [2.45, 2.75) is 6.92 Å². The summed E-state index contributed by atoms with van der Waals surface area (Å²) in [6.45, 7) is 7.08. The van der Waals surface area contributed by atoms with E-state index in [-0.39, 0.29) is 0 Å². The summed E-state index contributed by atoms with van der Waals surface area (Å²) >= 11 is 0. The molecule has 0 aliphatic carbocycles. The molecule has 2 heterocycles. The lowest BCUT2D eigenvalue weighted by Crippen LogP contribution is -2.48. The fraction of sp³-hybridized carbons (Fsp3) is 0.700. The van der Waals surface area contributed by atoms with Gasteiger partial charge in [-0.05, 0) is 6.92 Å². The van der Waals surface area contributed by atoms with Crippen LogP contribution in [0.2, 0.25) is 0 Å². The van der Waals surface area contributed by atoms with E-state index in [0.29, 0.717) is 12.4 Å². The standard InChI is InChI=1S/C10H18N6O/c1-8-9(12-10(17)14-13-8)16-6-4-15(3-2-11)5-7-16/h2-7,11H2,1H3,(H,12,14,17). The molecule has 0 aromatic carbocycles. The van der Waals surface area contributed by atoms with E-state index < -0.39 is 5.69 Å². The normalized spacial score (nSPS) is 17.4. The van der Waals surface area contributed by atoms with Gasteiger partial charge in [0.2, 0.25) is 0 Å². The van der Waals surface area contributed by atoms with Gasteiger partial charge >= 0.3 is 5.69 Å². The van der Waals surface area contributed by atoms with Crippen molar-refractivity contribution in [1.82, 2.24) is 20.1 Å². The van der Waals surface area contributed by atoms with Crippen LogP contribution in [0.4, 0.5) is 5.82 Å². The summed E-state index contributed by atoms with van der Waals surface area (Å²) in [5, 5.41) is 6.27. The van der Waals surface area contributed by atoms with Gasteiger partial charge in [0.1, 0.15) is 5.69 Å². The molecule has 1 aromatic rings. The molecule has 0 radical (unpaired) electrons. The van der Waals surface area contributed by atoms with Gasteiger partial charge < -0.3 is 10.6 Å². The Morgan fingerprint density at radius 1 is 1.35 bits per heavy atom. The number of hydrogen-bond donors (Lipinski definition) is 2. The van der Waals surface area contributed by atoms with Gasteiger partial charge in [-0.25, -0.2) is 9.89 Å². The Balaban J connectivity index is 2.05. The second-order valence-electron chi connectivity index (χ2n) is 4.17. The topological polar surface area (TPSA) is 91.1 Å². The van der Waals surface area contributed by atoms with Crippen molar-refractivity contribution in [2.24, 2.45) is 5.73 Å². The van der Waals surface area contributed by atoms with E-state index in [4.69, 9.17) is 5.73 Å². The second-order valence-corrected chi connectivity index (χ2v) is 4.17. The summed E-state index contributed by atoms with van der Waals surface area (Å²) in [5.41, 5.74) is 5.89. The van der Waals surface area contributed by atoms with Gasteiger partial charge in [0.25, 0.3) is 0 Å². The van der Waals surface area contributed by atoms with Crippen LogP contribution in [0.1, 0.15) is 5.69 Å². The number of anilines is 1. The number of hydrogen-bond acceptors (Lipinski definition) is 6. The highest BCUT2D eigenvalue weighted by Gasteiger charge is 2.19. The van der Waals surface area contributed by atoms with E-state index >= 15 is 0 Å². The molecule has 3 N–H and O–H groups in total. The van der Waals surface area contributed by atoms with Crippen molar-refractivity contribution < 1.29 is 0 Å². The molecule has 17 heavy (non-hydrogen) atoms. The molecule has 94 valence electrons. The lowest BCUT2D eigenvalue weighted by Gasteiger charge is -2.35. The van der Waals surface area contributed by atoms with E-state index in [1.54, 1.807) is 0 Å². The Morgan fingerprint density at radius 2 is 2.06 bits per heavy atom. The summed E-state index contributed by atoms with van der Waals surface area (Å²) in [5.74, 6) is 0.696. The maximum atomic E-state index is 11.2. The molecule has 0 saturated carbocycles. The average molecular weight is 238 g/mol. The molecule has 0 spiro atoms. The molecule has 7 nitrogen and oxygen atoms in total. The van der Waals surface area contributed by atoms with Crippen molar-refractivity contribution in [3.8, 4) is 0 Å². The van der Waals surface area contributed by atoms with Crippen LogP contribution in [0, 0.1) is 6.92 Å². The first-order valence-corrected chi connectivity index (χ1v) is 5.81. The van der Waals surface area contributed by atoms with Crippen LogP contribution in [-0.2, 0) is 0 Å². The maximum Gasteiger partial charge on any atom is 0.363 e. The molecule has 2 rings (SSSR count). The smallest absolute Gasteiger partial charge is 0.352 e. The van der Waals surface area contributed by atoms with Crippen LogP contribution in [0.15, 0.2) is 4.79 Å². The molecule has 1 aliphatic rings. The first-order chi connectivity index (χ1) is 8.20. The van der Waals surface area contributed by atoms with Gasteiger partial charge in [0, 0.05) is 39.3 Å². The van der Waals surface area contributed by atoms with Crippen molar-refractivity contribution in [3.63, 3.8) is 0 Å². The number of aryl methyl sites for hydroxylation is 1. The quantitative estimate of drug-likeness (QED) is 0.670. The SMILES string of the molecule is Cc1n[nH]c(=O)nc1N1CCN(CCN)CC1. The van der Waals surface area contributed by atoms with Crippen LogP contribution in [0.3, 0.4) is 0 Å². The third-order valence-corrected chi connectivity index (χ3v) is 2.97. The third kappa shape index (κ3) is 2.80. The number of nitrogens with one attached hydrogen (secondary N) is 1. The van der Waals surface area contributed by atoms with Crippen molar-refractivity contribution >= 4 is 5.82 Å². The monoisotopic (exact) mass is 238 g/mol. The molecule has 1 aliphatic heterocycles. The summed E-state index contributed by atoms with van der Waals surface area (Å²) in [7, 11) is 0. The predicted molar refractivity (Wildman–Crippen MR) is 65.1 cm³/mol. The molecular weight excluding hydrogens is 220 g/mol. The van der Waals surface area contributed by atoms with Gasteiger partial charge in [-0.1, -0.05) is 0 Å². The average Bonchev–Trinajstić information content (AvgIpc) is 2.34. The number of nitrogens with zero attached hydrogens (tertiary/aromatic N) is 4. The molecule has 7 heteroatoms. The highest BCUT2D eigenvalue weighted by Crippen LogP contribution is 2.14.